The molecule has 0 radical (unpaired) electrons. The van der Waals surface area contributed by atoms with Gasteiger partial charge in [-0.05, 0) is 17.5 Å². The van der Waals surface area contributed by atoms with Gasteiger partial charge in [0.1, 0.15) is 0 Å². The van der Waals surface area contributed by atoms with E-state index in [0.717, 1.165) is 0 Å². The minimum absolute atomic E-state index is 0. The lowest BCUT2D eigenvalue weighted by molar-refractivity contribution is 0.146. The van der Waals surface area contributed by atoms with Gasteiger partial charge in [-0.3, -0.25) is 0 Å². The summed E-state index contributed by atoms with van der Waals surface area (Å²) in [7, 11) is 0. The Labute approximate surface area is 67.7 Å². The Morgan fingerprint density at radius 2 is 2.40 bits per heavy atom. The summed E-state index contributed by atoms with van der Waals surface area (Å²) in [4.78, 5) is 9.85. The molecule has 0 aliphatic carbocycles. The summed E-state index contributed by atoms with van der Waals surface area (Å²) in [5, 5.41) is 10.2. The predicted octanol–water partition coefficient (Wildman–Crippen LogP) is 2.23. The molecule has 0 bridgehead atoms. The molecular weight excluding hydrogens is 176 g/mol. The van der Waals surface area contributed by atoms with Crippen LogP contribution in [-0.4, -0.2) is 11.3 Å². The summed E-state index contributed by atoms with van der Waals surface area (Å²) in [6.07, 6.45) is -1.27. The van der Waals surface area contributed by atoms with Crippen molar-refractivity contribution < 1.29 is 14.6 Å². The Bertz CT molecular complexity index is 197. The Morgan fingerprint density at radius 1 is 1.70 bits per heavy atom. The normalized spacial score (nSPS) is 8.00. The third kappa shape index (κ3) is 2.70. The predicted molar refractivity (Wildman–Crippen MR) is 40.2 cm³/mol. The van der Waals surface area contributed by atoms with Gasteiger partial charge in [-0.2, -0.15) is 0 Å². The molecule has 0 aliphatic rings. The van der Waals surface area contributed by atoms with Crippen molar-refractivity contribution in [1.29, 1.82) is 0 Å². The molecule has 10 heavy (non-hydrogen) atoms. The maximum absolute atomic E-state index is 9.85. The van der Waals surface area contributed by atoms with E-state index in [1.165, 1.54) is 11.3 Å². The van der Waals surface area contributed by atoms with E-state index in [-0.39, 0.29) is 12.4 Å². The van der Waals surface area contributed by atoms with Crippen molar-refractivity contribution in [3.05, 3.63) is 17.5 Å². The minimum Gasteiger partial charge on any atom is -0.449 e. The highest BCUT2D eigenvalue weighted by Gasteiger charge is 1.98. The van der Waals surface area contributed by atoms with E-state index >= 15 is 0 Å². The molecule has 1 N–H and O–H groups in total. The van der Waals surface area contributed by atoms with E-state index in [9.17, 15) is 4.79 Å². The summed E-state index contributed by atoms with van der Waals surface area (Å²) in [6.45, 7) is 0. The second-order valence-corrected chi connectivity index (χ2v) is 2.21. The van der Waals surface area contributed by atoms with Crippen LogP contribution >= 0.6 is 23.7 Å². The van der Waals surface area contributed by atoms with Crippen LogP contribution in [0, 0.1) is 0 Å². The largest absolute Gasteiger partial charge is 0.512 e. The first-order chi connectivity index (χ1) is 4.29. The number of ether oxygens (including phenoxy) is 1. The summed E-state index contributed by atoms with van der Waals surface area (Å²) >= 11 is 1.25. The molecule has 0 saturated heterocycles. The number of hydrogen-bond donors (Lipinski definition) is 1. The number of halogens is 1. The van der Waals surface area contributed by atoms with Gasteiger partial charge in [-0.1, -0.05) is 0 Å². The maximum Gasteiger partial charge on any atom is 0.512 e. The van der Waals surface area contributed by atoms with E-state index in [0.29, 0.717) is 5.06 Å². The van der Waals surface area contributed by atoms with Gasteiger partial charge in [0.15, 0.2) is 5.06 Å². The fraction of sp³-hybridized carbons (Fsp3) is 0. The first-order valence-corrected chi connectivity index (χ1v) is 3.11. The molecule has 1 aromatic rings. The van der Waals surface area contributed by atoms with Crippen LogP contribution in [0.15, 0.2) is 17.5 Å². The molecule has 1 rings (SSSR count). The number of hydrogen-bond acceptors (Lipinski definition) is 3. The van der Waals surface area contributed by atoms with Crippen molar-refractivity contribution in [2.75, 3.05) is 0 Å². The average Bonchev–Trinajstić information content (AvgIpc) is 2.15. The SMILES string of the molecule is Cl.O=C(O)Oc1cccs1. The monoisotopic (exact) mass is 180 g/mol. The fourth-order valence-electron chi connectivity index (χ4n) is 0.408. The molecule has 0 aliphatic heterocycles. The highest BCUT2D eigenvalue weighted by Crippen LogP contribution is 2.17. The first kappa shape index (κ1) is 9.26. The molecule has 0 amide bonds. The average molecular weight is 181 g/mol. The Balaban J connectivity index is 0.000000810. The molecule has 0 aromatic carbocycles. The molecule has 3 nitrogen and oxygen atoms in total. The lowest BCUT2D eigenvalue weighted by atomic mass is 10.7. The molecule has 0 unspecified atom stereocenters. The number of carboxylic acid groups (broad SMARTS) is 1. The summed E-state index contributed by atoms with van der Waals surface area (Å²) < 4.78 is 4.29. The second kappa shape index (κ2) is 4.14. The van der Waals surface area contributed by atoms with Crippen molar-refractivity contribution in [3.63, 3.8) is 0 Å². The van der Waals surface area contributed by atoms with E-state index in [1.807, 2.05) is 0 Å². The van der Waals surface area contributed by atoms with Crippen molar-refractivity contribution in [1.82, 2.24) is 0 Å². The summed E-state index contributed by atoms with van der Waals surface area (Å²) in [5.74, 6) is 0. The van der Waals surface area contributed by atoms with Crippen LogP contribution in [-0.2, 0) is 0 Å². The zero-order valence-electron chi connectivity index (χ0n) is 4.81. The quantitative estimate of drug-likeness (QED) is 0.675. The molecule has 0 saturated carbocycles. The minimum atomic E-state index is -1.27. The molecule has 56 valence electrons. The van der Waals surface area contributed by atoms with Crippen LogP contribution in [0.3, 0.4) is 0 Å². The third-order valence-electron chi connectivity index (χ3n) is 0.683. The van der Waals surface area contributed by atoms with Gasteiger partial charge in [0.25, 0.3) is 0 Å². The van der Waals surface area contributed by atoms with E-state index in [1.54, 1.807) is 17.5 Å². The third-order valence-corrected chi connectivity index (χ3v) is 1.43. The summed E-state index contributed by atoms with van der Waals surface area (Å²) in [5.41, 5.74) is 0. The maximum atomic E-state index is 9.85. The Kier molecular flexibility index (Phi) is 3.83. The van der Waals surface area contributed by atoms with Gasteiger partial charge < -0.3 is 9.84 Å². The van der Waals surface area contributed by atoms with Crippen LogP contribution in [0.4, 0.5) is 4.79 Å². The highest BCUT2D eigenvalue weighted by atomic mass is 35.5. The van der Waals surface area contributed by atoms with Crippen molar-refractivity contribution >= 4 is 29.9 Å². The zero-order valence-corrected chi connectivity index (χ0v) is 6.45. The molecule has 0 atom stereocenters. The number of thiophene rings is 1. The van der Waals surface area contributed by atoms with E-state index in [2.05, 4.69) is 4.74 Å². The smallest absolute Gasteiger partial charge is 0.449 e. The van der Waals surface area contributed by atoms with Crippen LogP contribution in [0.2, 0.25) is 0 Å². The van der Waals surface area contributed by atoms with Crippen molar-refractivity contribution in [3.8, 4) is 5.06 Å². The van der Waals surface area contributed by atoms with Crippen LogP contribution in [0.1, 0.15) is 0 Å². The summed E-state index contributed by atoms with van der Waals surface area (Å²) in [6, 6.07) is 3.32. The van der Waals surface area contributed by atoms with Gasteiger partial charge in [0.2, 0.25) is 0 Å². The Morgan fingerprint density at radius 3 is 2.80 bits per heavy atom. The molecule has 1 heterocycles. The van der Waals surface area contributed by atoms with Crippen molar-refractivity contribution in [2.45, 2.75) is 0 Å². The molecule has 0 fully saturated rings. The number of carbonyl (C=O) groups is 1. The van der Waals surface area contributed by atoms with Crippen LogP contribution in [0.5, 0.6) is 5.06 Å². The molecule has 1 aromatic heterocycles. The first-order valence-electron chi connectivity index (χ1n) is 2.23. The lowest BCUT2D eigenvalue weighted by Crippen LogP contribution is -2.00. The van der Waals surface area contributed by atoms with Gasteiger partial charge in [0.05, 0.1) is 0 Å². The fourth-order valence-corrected chi connectivity index (χ4v) is 0.975. The highest BCUT2D eigenvalue weighted by molar-refractivity contribution is 7.11. The van der Waals surface area contributed by atoms with Gasteiger partial charge in [-0.15, -0.1) is 23.7 Å². The van der Waals surface area contributed by atoms with Gasteiger partial charge >= 0.3 is 6.16 Å². The van der Waals surface area contributed by atoms with Crippen LogP contribution in [0.25, 0.3) is 0 Å². The van der Waals surface area contributed by atoms with Crippen molar-refractivity contribution in [2.24, 2.45) is 0 Å². The topological polar surface area (TPSA) is 46.5 Å². The van der Waals surface area contributed by atoms with E-state index < -0.39 is 6.16 Å². The molecule has 0 spiro atoms. The van der Waals surface area contributed by atoms with Crippen LogP contribution < -0.4 is 4.74 Å². The lowest BCUT2D eigenvalue weighted by Gasteiger charge is -1.89. The standard InChI is InChI=1S/C5H4O3S.ClH/c6-5(7)8-4-2-1-3-9-4;/h1-3H,(H,6,7);1H. The Hall–Kier alpha value is -0.740. The van der Waals surface area contributed by atoms with E-state index in [4.69, 9.17) is 5.11 Å². The zero-order chi connectivity index (χ0) is 6.69. The van der Waals surface area contributed by atoms with Gasteiger partial charge in [0, 0.05) is 0 Å². The number of rotatable bonds is 1. The molecular formula is C5H5ClO3S. The second-order valence-electron chi connectivity index (χ2n) is 1.30. The molecule has 5 heteroatoms. The van der Waals surface area contributed by atoms with Gasteiger partial charge in [-0.25, -0.2) is 4.79 Å².